The highest BCUT2D eigenvalue weighted by molar-refractivity contribution is 14.1. The number of carbonyl (C=O) groups is 1. The molecule has 0 radical (unpaired) electrons. The van der Waals surface area contributed by atoms with Gasteiger partial charge in [0.25, 0.3) is 0 Å². The summed E-state index contributed by atoms with van der Waals surface area (Å²) in [5.74, 6) is -0.480. The molecule has 0 fully saturated rings. The number of ketones is 1. The molecule has 0 atom stereocenters. The van der Waals surface area contributed by atoms with Gasteiger partial charge in [0.2, 0.25) is 0 Å². The van der Waals surface area contributed by atoms with Gasteiger partial charge in [0.05, 0.1) is 11.4 Å². The Morgan fingerprint density at radius 1 is 1.12 bits per heavy atom. The van der Waals surface area contributed by atoms with Gasteiger partial charge in [-0.25, -0.2) is 4.98 Å². The Kier molecular flexibility index (Phi) is 4.93. The molecule has 25 heavy (non-hydrogen) atoms. The molecular weight excluding hydrogens is 431 g/mol. The van der Waals surface area contributed by atoms with Crippen molar-refractivity contribution in [2.75, 3.05) is 0 Å². The van der Waals surface area contributed by atoms with E-state index in [2.05, 4.69) is 37.8 Å². The molecule has 0 unspecified atom stereocenters. The van der Waals surface area contributed by atoms with Crippen LogP contribution in [0.25, 0.3) is 16.9 Å². The Morgan fingerprint density at radius 2 is 1.84 bits per heavy atom. The van der Waals surface area contributed by atoms with Gasteiger partial charge in [-0.2, -0.15) is 5.11 Å². The van der Waals surface area contributed by atoms with Crippen LogP contribution in [-0.2, 0) is 4.79 Å². The molecule has 0 bridgehead atoms. The van der Waals surface area contributed by atoms with Gasteiger partial charge in [-0.1, -0.05) is 12.1 Å². The highest BCUT2D eigenvalue weighted by Crippen LogP contribution is 2.23. The average Bonchev–Trinajstić information content (AvgIpc) is 2.98. The van der Waals surface area contributed by atoms with Gasteiger partial charge in [-0.15, -0.1) is 5.11 Å². The van der Waals surface area contributed by atoms with Crippen molar-refractivity contribution in [3.8, 4) is 11.3 Å². The Morgan fingerprint density at radius 3 is 2.48 bits per heavy atom. The van der Waals surface area contributed by atoms with Crippen LogP contribution < -0.4 is 0 Å². The van der Waals surface area contributed by atoms with Crippen molar-refractivity contribution in [2.24, 2.45) is 10.2 Å². The standard InChI is InChI=1S/C18H15IN4O2/c1-11(24)18(12(2)25)22-21-15-6-3-13(4-7-15)16-10-23-9-14(19)5-8-17(23)20-16/h3-10,24H,1-2H3. The summed E-state index contributed by atoms with van der Waals surface area (Å²) < 4.78 is 3.12. The normalized spacial score (nSPS) is 12.6. The number of carbonyl (C=O) groups excluding carboxylic acids is 1. The zero-order valence-electron chi connectivity index (χ0n) is 13.6. The molecule has 6 nitrogen and oxygen atoms in total. The summed E-state index contributed by atoms with van der Waals surface area (Å²) in [4.78, 5) is 16.0. The SMILES string of the molecule is CC(=O)C(N=Nc1ccc(-c2cn3cc(I)ccc3n2)cc1)=C(C)O. The number of hydrogen-bond acceptors (Lipinski definition) is 5. The number of fused-ring (bicyclic) bond motifs is 1. The minimum absolute atomic E-state index is 0.0426. The maximum atomic E-state index is 11.4. The Labute approximate surface area is 158 Å². The topological polar surface area (TPSA) is 79.3 Å². The second-order valence-corrected chi connectivity index (χ2v) is 6.72. The first-order chi connectivity index (χ1) is 11.9. The summed E-state index contributed by atoms with van der Waals surface area (Å²) in [7, 11) is 0. The number of aliphatic hydroxyl groups is 1. The predicted octanol–water partition coefficient (Wildman–Crippen LogP) is 5.07. The molecule has 126 valence electrons. The summed E-state index contributed by atoms with van der Waals surface area (Å²) in [5, 5.41) is 17.3. The molecule has 0 aliphatic carbocycles. The molecule has 0 saturated carbocycles. The summed E-state index contributed by atoms with van der Waals surface area (Å²) in [5.41, 5.74) is 3.24. The number of nitrogens with zero attached hydrogens (tertiary/aromatic N) is 4. The predicted molar refractivity (Wildman–Crippen MR) is 104 cm³/mol. The maximum Gasteiger partial charge on any atom is 0.183 e. The van der Waals surface area contributed by atoms with Gasteiger partial charge in [-0.3, -0.25) is 4.79 Å². The van der Waals surface area contributed by atoms with Crippen LogP contribution in [0.2, 0.25) is 0 Å². The number of aliphatic hydroxyl groups excluding tert-OH is 1. The third kappa shape index (κ3) is 3.93. The number of halogens is 1. The van der Waals surface area contributed by atoms with Crippen molar-refractivity contribution in [3.63, 3.8) is 0 Å². The van der Waals surface area contributed by atoms with Crippen molar-refractivity contribution < 1.29 is 9.90 Å². The van der Waals surface area contributed by atoms with E-state index in [1.165, 1.54) is 13.8 Å². The number of azo groups is 1. The molecule has 2 heterocycles. The molecule has 2 aromatic heterocycles. The number of Topliss-reactive ketones (excluding diaryl/α,β-unsaturated/α-hetero) is 1. The quantitative estimate of drug-likeness (QED) is 0.263. The van der Waals surface area contributed by atoms with Crippen molar-refractivity contribution in [1.29, 1.82) is 0 Å². The smallest absolute Gasteiger partial charge is 0.183 e. The van der Waals surface area contributed by atoms with Crippen LogP contribution >= 0.6 is 22.6 Å². The van der Waals surface area contributed by atoms with E-state index in [9.17, 15) is 9.90 Å². The summed E-state index contributed by atoms with van der Waals surface area (Å²) in [6.45, 7) is 2.74. The molecule has 0 aliphatic rings. The fourth-order valence-corrected chi connectivity index (χ4v) is 2.79. The van der Waals surface area contributed by atoms with Crippen LogP contribution in [0.3, 0.4) is 0 Å². The minimum atomic E-state index is -0.334. The molecule has 3 aromatic rings. The molecular formula is C18H15IN4O2. The zero-order chi connectivity index (χ0) is 18.0. The third-order valence-corrected chi connectivity index (χ3v) is 4.16. The number of allylic oxidation sites excluding steroid dienone is 2. The summed E-state index contributed by atoms with van der Waals surface area (Å²) >= 11 is 2.26. The van der Waals surface area contributed by atoms with Crippen LogP contribution in [0.15, 0.2) is 70.5 Å². The molecule has 7 heteroatoms. The third-order valence-electron chi connectivity index (χ3n) is 3.52. The van der Waals surface area contributed by atoms with Crippen molar-refractivity contribution in [3.05, 3.63) is 63.8 Å². The molecule has 0 aliphatic heterocycles. The lowest BCUT2D eigenvalue weighted by Crippen LogP contribution is -1.96. The minimum Gasteiger partial charge on any atom is -0.510 e. The molecule has 0 saturated heterocycles. The lowest BCUT2D eigenvalue weighted by atomic mass is 10.1. The lowest BCUT2D eigenvalue weighted by molar-refractivity contribution is -0.113. The fourth-order valence-electron chi connectivity index (χ4n) is 2.31. The number of benzene rings is 1. The van der Waals surface area contributed by atoms with Crippen LogP contribution in [0.5, 0.6) is 0 Å². The van der Waals surface area contributed by atoms with Gasteiger partial charge < -0.3 is 9.51 Å². The largest absolute Gasteiger partial charge is 0.510 e. The van der Waals surface area contributed by atoms with E-state index in [1.54, 1.807) is 12.1 Å². The second kappa shape index (κ2) is 7.14. The van der Waals surface area contributed by atoms with Gasteiger partial charge in [-0.05, 0) is 53.8 Å². The van der Waals surface area contributed by atoms with Crippen LogP contribution in [0.1, 0.15) is 13.8 Å². The number of aromatic nitrogens is 2. The van der Waals surface area contributed by atoms with Crippen LogP contribution in [-0.4, -0.2) is 20.3 Å². The maximum absolute atomic E-state index is 11.4. The molecule has 0 spiro atoms. The lowest BCUT2D eigenvalue weighted by Gasteiger charge is -1.98. The van der Waals surface area contributed by atoms with Crippen molar-refractivity contribution in [2.45, 2.75) is 13.8 Å². The summed E-state index contributed by atoms with van der Waals surface area (Å²) in [6, 6.07) is 11.3. The second-order valence-electron chi connectivity index (χ2n) is 5.48. The first kappa shape index (κ1) is 17.3. The van der Waals surface area contributed by atoms with Gasteiger partial charge in [0.1, 0.15) is 11.4 Å². The van der Waals surface area contributed by atoms with Gasteiger partial charge in [0.15, 0.2) is 11.5 Å². The molecule has 1 N–H and O–H groups in total. The van der Waals surface area contributed by atoms with E-state index in [0.29, 0.717) is 5.69 Å². The zero-order valence-corrected chi connectivity index (χ0v) is 15.8. The monoisotopic (exact) mass is 446 g/mol. The van der Waals surface area contributed by atoms with E-state index in [0.717, 1.165) is 20.5 Å². The van der Waals surface area contributed by atoms with Crippen LogP contribution in [0, 0.1) is 3.57 Å². The van der Waals surface area contributed by atoms with E-state index in [4.69, 9.17) is 0 Å². The van der Waals surface area contributed by atoms with E-state index >= 15 is 0 Å². The van der Waals surface area contributed by atoms with Gasteiger partial charge in [0, 0.05) is 28.5 Å². The van der Waals surface area contributed by atoms with Crippen molar-refractivity contribution >= 4 is 39.7 Å². The molecule has 0 amide bonds. The average molecular weight is 446 g/mol. The van der Waals surface area contributed by atoms with E-state index in [-0.39, 0.29) is 17.2 Å². The Balaban J connectivity index is 1.86. The molecule has 1 aromatic carbocycles. The number of imidazole rings is 1. The number of pyridine rings is 1. The Hall–Kier alpha value is -2.55. The first-order valence-electron chi connectivity index (χ1n) is 7.51. The highest BCUT2D eigenvalue weighted by atomic mass is 127. The van der Waals surface area contributed by atoms with Gasteiger partial charge >= 0.3 is 0 Å². The highest BCUT2D eigenvalue weighted by Gasteiger charge is 2.07. The van der Waals surface area contributed by atoms with Crippen LogP contribution in [0.4, 0.5) is 5.69 Å². The van der Waals surface area contributed by atoms with E-state index in [1.807, 2.05) is 41.1 Å². The van der Waals surface area contributed by atoms with E-state index < -0.39 is 0 Å². The number of rotatable bonds is 4. The Bertz CT molecular complexity index is 1000. The van der Waals surface area contributed by atoms with Crippen molar-refractivity contribution in [1.82, 2.24) is 9.38 Å². The summed E-state index contributed by atoms with van der Waals surface area (Å²) in [6.07, 6.45) is 3.99. The first-order valence-corrected chi connectivity index (χ1v) is 8.59. The molecule has 3 rings (SSSR count). The fraction of sp³-hybridized carbons (Fsp3) is 0.111. The number of hydrogen-bond donors (Lipinski definition) is 1.